The first-order chi connectivity index (χ1) is 13.1. The van der Waals surface area contributed by atoms with E-state index >= 15 is 0 Å². The predicted octanol–water partition coefficient (Wildman–Crippen LogP) is 5.01. The number of benzene rings is 1. The largest absolute Gasteiger partial charge is 0.436 e. The van der Waals surface area contributed by atoms with Crippen LogP contribution in [0.1, 0.15) is 21.7 Å². The number of hydrogen-bond acceptors (Lipinski definition) is 3. The number of hydrogen-bond donors (Lipinski definition) is 1. The van der Waals surface area contributed by atoms with Crippen molar-refractivity contribution in [3.8, 4) is 0 Å². The Morgan fingerprint density at radius 1 is 1.21 bits per heavy atom. The number of halogens is 6. The number of rotatable bonds is 4. The summed E-state index contributed by atoms with van der Waals surface area (Å²) in [6.07, 6.45) is -3.15. The van der Waals surface area contributed by atoms with Gasteiger partial charge in [-0.15, -0.1) is 0 Å². The van der Waals surface area contributed by atoms with Crippen LogP contribution < -0.4 is 5.32 Å². The van der Waals surface area contributed by atoms with E-state index in [-0.39, 0.29) is 5.82 Å². The molecule has 0 saturated carbocycles. The maximum Gasteiger partial charge on any atom is 0.436 e. The third kappa shape index (κ3) is 4.34. The third-order valence-electron chi connectivity index (χ3n) is 3.68. The van der Waals surface area contributed by atoms with Crippen molar-refractivity contribution in [2.45, 2.75) is 12.7 Å². The van der Waals surface area contributed by atoms with Crippen LogP contribution >= 0.6 is 39.1 Å². The van der Waals surface area contributed by atoms with Gasteiger partial charge in [0, 0.05) is 18.3 Å². The van der Waals surface area contributed by atoms with Crippen molar-refractivity contribution in [1.29, 1.82) is 0 Å². The lowest BCUT2D eigenvalue weighted by molar-refractivity contribution is -0.141. The van der Waals surface area contributed by atoms with Crippen molar-refractivity contribution in [3.63, 3.8) is 0 Å². The fraction of sp³-hybridized carbons (Fsp3) is 0.188. The summed E-state index contributed by atoms with van der Waals surface area (Å²) in [6, 6.07) is 7.12. The van der Waals surface area contributed by atoms with Gasteiger partial charge in [0.1, 0.15) is 10.7 Å². The normalized spacial score (nSPS) is 11.7. The molecule has 0 aliphatic rings. The number of nitrogens with one attached hydrogen (secondary N) is 1. The van der Waals surface area contributed by atoms with Gasteiger partial charge in [-0.2, -0.15) is 23.4 Å². The van der Waals surface area contributed by atoms with Crippen molar-refractivity contribution in [2.24, 2.45) is 7.05 Å². The van der Waals surface area contributed by atoms with Crippen LogP contribution in [0.15, 0.2) is 34.9 Å². The third-order valence-corrected chi connectivity index (χ3v) is 4.87. The number of aromatic nitrogens is 4. The van der Waals surface area contributed by atoms with Crippen molar-refractivity contribution in [3.05, 3.63) is 61.9 Å². The number of anilines is 1. The Labute approximate surface area is 175 Å². The van der Waals surface area contributed by atoms with Gasteiger partial charge in [-0.3, -0.25) is 14.2 Å². The summed E-state index contributed by atoms with van der Waals surface area (Å²) < 4.78 is 41.5. The maximum absolute atomic E-state index is 12.9. The summed E-state index contributed by atoms with van der Waals surface area (Å²) in [6.45, 7) is 0.399. The van der Waals surface area contributed by atoms with E-state index in [1.165, 1.54) is 7.05 Å². The maximum atomic E-state index is 12.9. The van der Waals surface area contributed by atoms with Crippen LogP contribution in [-0.4, -0.2) is 25.5 Å². The molecule has 0 radical (unpaired) electrons. The van der Waals surface area contributed by atoms with E-state index in [1.807, 2.05) is 12.1 Å². The van der Waals surface area contributed by atoms with Crippen molar-refractivity contribution in [1.82, 2.24) is 19.6 Å². The Bertz CT molecular complexity index is 1030. The molecule has 0 atom stereocenters. The smallest absolute Gasteiger partial charge is 0.303 e. The van der Waals surface area contributed by atoms with Gasteiger partial charge in [0.15, 0.2) is 11.5 Å². The summed E-state index contributed by atoms with van der Waals surface area (Å²) in [4.78, 5) is 12.4. The molecule has 6 nitrogen and oxygen atoms in total. The van der Waals surface area contributed by atoms with Crippen molar-refractivity contribution < 1.29 is 18.0 Å². The highest BCUT2D eigenvalue weighted by Crippen LogP contribution is 2.35. The Morgan fingerprint density at radius 3 is 2.43 bits per heavy atom. The van der Waals surface area contributed by atoms with Crippen LogP contribution in [0.4, 0.5) is 19.0 Å². The highest BCUT2D eigenvalue weighted by Gasteiger charge is 2.39. The molecule has 1 N–H and O–H groups in total. The lowest BCUT2D eigenvalue weighted by Crippen LogP contribution is -2.17. The molecule has 12 heteroatoms. The van der Waals surface area contributed by atoms with Gasteiger partial charge in [0.05, 0.1) is 11.0 Å². The number of carbonyl (C=O) groups excluding carboxylic acids is 1. The zero-order valence-electron chi connectivity index (χ0n) is 14.1. The molecule has 1 aromatic carbocycles. The first-order valence-electron chi connectivity index (χ1n) is 7.64. The molecule has 0 bridgehead atoms. The second-order valence-electron chi connectivity index (χ2n) is 5.74. The van der Waals surface area contributed by atoms with E-state index in [1.54, 1.807) is 23.0 Å². The van der Waals surface area contributed by atoms with Gasteiger partial charge in [-0.05, 0) is 33.6 Å². The fourth-order valence-electron chi connectivity index (χ4n) is 2.43. The van der Waals surface area contributed by atoms with Crippen LogP contribution in [0.25, 0.3) is 0 Å². The number of carbonyl (C=O) groups is 1. The van der Waals surface area contributed by atoms with Gasteiger partial charge in [0.2, 0.25) is 0 Å². The second-order valence-corrected chi connectivity index (χ2v) is 7.41. The molecule has 3 aromatic rings. The second kappa shape index (κ2) is 7.76. The molecule has 28 heavy (non-hydrogen) atoms. The quantitative estimate of drug-likeness (QED) is 0.552. The summed E-state index contributed by atoms with van der Waals surface area (Å²) >= 11 is 14.8. The van der Waals surface area contributed by atoms with Crippen LogP contribution in [0.2, 0.25) is 10.0 Å². The monoisotopic (exact) mass is 495 g/mol. The lowest BCUT2D eigenvalue weighted by Gasteiger charge is -2.04. The lowest BCUT2D eigenvalue weighted by atomic mass is 10.2. The zero-order chi connectivity index (χ0) is 20.6. The van der Waals surface area contributed by atoms with E-state index in [0.29, 0.717) is 16.0 Å². The average Bonchev–Trinajstić information content (AvgIpc) is 3.08. The molecule has 2 aromatic heterocycles. The average molecular weight is 497 g/mol. The van der Waals surface area contributed by atoms with E-state index in [4.69, 9.17) is 23.2 Å². The number of amides is 1. The molecule has 148 valence electrons. The van der Waals surface area contributed by atoms with Gasteiger partial charge in [0.25, 0.3) is 5.91 Å². The molecular formula is C16H11BrCl2F3N5O. The first kappa shape index (κ1) is 20.7. The SMILES string of the molecule is Cn1nc(C(F)(F)F)c(Cl)c1C(=O)Nc1nn(Cc2ccc(Cl)cc2)cc1Br. The topological polar surface area (TPSA) is 64.7 Å². The van der Waals surface area contributed by atoms with Crippen molar-refractivity contribution in [2.75, 3.05) is 5.32 Å². The Balaban J connectivity index is 1.81. The Morgan fingerprint density at radius 2 is 1.86 bits per heavy atom. The highest BCUT2D eigenvalue weighted by atomic mass is 79.9. The molecule has 0 aliphatic heterocycles. The van der Waals surface area contributed by atoms with Crippen LogP contribution in [0, 0.1) is 0 Å². The minimum absolute atomic E-state index is 0.129. The summed E-state index contributed by atoms with van der Waals surface area (Å²) in [5, 5.41) is 9.77. The summed E-state index contributed by atoms with van der Waals surface area (Å²) in [5.41, 5.74) is -0.830. The molecule has 0 unspecified atom stereocenters. The van der Waals surface area contributed by atoms with Gasteiger partial charge in [-0.1, -0.05) is 35.3 Å². The van der Waals surface area contributed by atoms with E-state index in [9.17, 15) is 18.0 Å². The molecule has 3 rings (SSSR count). The predicted molar refractivity (Wildman–Crippen MR) is 102 cm³/mol. The highest BCUT2D eigenvalue weighted by molar-refractivity contribution is 9.10. The van der Waals surface area contributed by atoms with E-state index in [0.717, 1.165) is 10.2 Å². The minimum Gasteiger partial charge on any atom is -0.303 e. The Hall–Kier alpha value is -2.04. The number of nitrogens with zero attached hydrogens (tertiary/aromatic N) is 4. The van der Waals surface area contributed by atoms with Crippen LogP contribution in [0.3, 0.4) is 0 Å². The molecule has 0 aliphatic carbocycles. The van der Waals surface area contributed by atoms with E-state index < -0.39 is 28.5 Å². The van der Waals surface area contributed by atoms with E-state index in [2.05, 4.69) is 31.4 Å². The molecular weight excluding hydrogens is 486 g/mol. The minimum atomic E-state index is -4.77. The molecule has 0 fully saturated rings. The number of alkyl halides is 3. The van der Waals surface area contributed by atoms with Gasteiger partial charge >= 0.3 is 6.18 Å². The molecule has 0 spiro atoms. The fourth-order valence-corrected chi connectivity index (χ4v) is 3.33. The standard InChI is InChI=1S/C16H11BrCl2F3N5O/c1-26-12(11(19)13(24-26)16(20,21)22)15(28)23-14-10(17)7-27(25-14)6-8-2-4-9(18)5-3-8/h2-5,7H,6H2,1H3,(H,23,25,28). The van der Waals surface area contributed by atoms with Gasteiger partial charge in [-0.25, -0.2) is 0 Å². The Kier molecular flexibility index (Phi) is 5.74. The zero-order valence-corrected chi connectivity index (χ0v) is 17.2. The molecule has 2 heterocycles. The summed E-state index contributed by atoms with van der Waals surface area (Å²) in [5.74, 6) is -0.738. The first-order valence-corrected chi connectivity index (χ1v) is 9.19. The van der Waals surface area contributed by atoms with Crippen molar-refractivity contribution >= 4 is 50.9 Å². The molecule has 1 amide bonds. The number of aryl methyl sites for hydroxylation is 1. The summed E-state index contributed by atoms with van der Waals surface area (Å²) in [7, 11) is 1.20. The van der Waals surface area contributed by atoms with Crippen LogP contribution in [0.5, 0.6) is 0 Å². The molecule has 0 saturated heterocycles. The van der Waals surface area contributed by atoms with Crippen LogP contribution in [-0.2, 0) is 19.8 Å². The van der Waals surface area contributed by atoms with Gasteiger partial charge < -0.3 is 5.32 Å².